The second-order valence-electron chi connectivity index (χ2n) is 4.65. The molecule has 0 saturated carbocycles. The van der Waals surface area contributed by atoms with Crippen LogP contribution in [0.5, 0.6) is 0 Å². The Bertz CT molecular complexity index is 199. The van der Waals surface area contributed by atoms with Crippen LogP contribution in [0.4, 0.5) is 0 Å². The molecular weight excluding hydrogens is 231 g/mol. The van der Waals surface area contributed by atoms with Gasteiger partial charge in [-0.05, 0) is 40.0 Å². The summed E-state index contributed by atoms with van der Waals surface area (Å²) in [6.45, 7) is 13.0. The SMILES string of the molecule is CCC(C)N=NP(NC(C)CC)NC(C)CC. The predicted octanol–water partition coefficient (Wildman–Crippen LogP) is 4.24. The third kappa shape index (κ3) is 8.64. The van der Waals surface area contributed by atoms with Gasteiger partial charge >= 0.3 is 0 Å². The van der Waals surface area contributed by atoms with Gasteiger partial charge in [-0.1, -0.05) is 20.8 Å². The van der Waals surface area contributed by atoms with Crippen molar-refractivity contribution in [2.75, 3.05) is 0 Å². The third-order valence-corrected chi connectivity index (χ3v) is 4.49. The van der Waals surface area contributed by atoms with Gasteiger partial charge in [0.25, 0.3) is 0 Å². The first kappa shape index (κ1) is 16.9. The number of rotatable bonds is 9. The van der Waals surface area contributed by atoms with Crippen LogP contribution in [0, 0.1) is 0 Å². The molecule has 0 aromatic heterocycles. The van der Waals surface area contributed by atoms with Crippen LogP contribution in [0.3, 0.4) is 0 Å². The molecule has 17 heavy (non-hydrogen) atoms. The monoisotopic (exact) mass is 260 g/mol. The molecule has 0 aromatic carbocycles. The van der Waals surface area contributed by atoms with Gasteiger partial charge in [-0.2, -0.15) is 5.11 Å². The number of nitrogens with zero attached hydrogens (tertiary/aromatic N) is 2. The van der Waals surface area contributed by atoms with Gasteiger partial charge in [-0.3, -0.25) is 10.2 Å². The fraction of sp³-hybridized carbons (Fsp3) is 1.00. The Morgan fingerprint density at radius 3 is 1.71 bits per heavy atom. The van der Waals surface area contributed by atoms with E-state index in [2.05, 4.69) is 61.7 Å². The minimum absolute atomic E-state index is 0.317. The van der Waals surface area contributed by atoms with Crippen molar-refractivity contribution in [1.82, 2.24) is 10.2 Å². The Balaban J connectivity index is 4.33. The Morgan fingerprint density at radius 1 is 0.882 bits per heavy atom. The van der Waals surface area contributed by atoms with Crippen LogP contribution in [0.1, 0.15) is 60.8 Å². The van der Waals surface area contributed by atoms with E-state index >= 15 is 0 Å². The molecule has 102 valence electrons. The predicted molar refractivity (Wildman–Crippen MR) is 77.3 cm³/mol. The van der Waals surface area contributed by atoms with E-state index in [1.807, 2.05) is 0 Å². The van der Waals surface area contributed by atoms with Crippen molar-refractivity contribution < 1.29 is 0 Å². The summed E-state index contributed by atoms with van der Waals surface area (Å²) in [5.41, 5.74) is 0. The highest BCUT2D eigenvalue weighted by Crippen LogP contribution is 2.30. The van der Waals surface area contributed by atoms with E-state index in [1.165, 1.54) is 0 Å². The third-order valence-electron chi connectivity index (χ3n) is 2.84. The van der Waals surface area contributed by atoms with Gasteiger partial charge in [0.15, 0.2) is 8.37 Å². The van der Waals surface area contributed by atoms with E-state index in [1.54, 1.807) is 0 Å². The van der Waals surface area contributed by atoms with E-state index in [4.69, 9.17) is 0 Å². The maximum absolute atomic E-state index is 4.44. The summed E-state index contributed by atoms with van der Waals surface area (Å²) in [6.07, 6.45) is 3.26. The van der Waals surface area contributed by atoms with Crippen LogP contribution in [0.2, 0.25) is 0 Å². The number of hydrogen-bond acceptors (Lipinski definition) is 4. The average molecular weight is 260 g/mol. The van der Waals surface area contributed by atoms with E-state index < -0.39 is 8.37 Å². The summed E-state index contributed by atoms with van der Waals surface area (Å²) >= 11 is 0. The zero-order valence-corrected chi connectivity index (χ0v) is 13.1. The molecule has 0 bridgehead atoms. The molecule has 0 fully saturated rings. The van der Waals surface area contributed by atoms with Gasteiger partial charge in [-0.25, -0.2) is 0 Å². The Labute approximate surface area is 108 Å². The lowest BCUT2D eigenvalue weighted by Crippen LogP contribution is -2.29. The Hall–Kier alpha value is -0.0500. The average Bonchev–Trinajstić information content (AvgIpc) is 2.34. The fourth-order valence-corrected chi connectivity index (χ4v) is 2.57. The molecule has 0 radical (unpaired) electrons. The summed E-state index contributed by atoms with van der Waals surface area (Å²) in [5, 5.41) is 11.4. The lowest BCUT2D eigenvalue weighted by Gasteiger charge is -2.21. The molecule has 0 aliphatic rings. The van der Waals surface area contributed by atoms with Crippen molar-refractivity contribution in [2.45, 2.75) is 78.9 Å². The van der Waals surface area contributed by atoms with Crippen molar-refractivity contribution in [3.05, 3.63) is 0 Å². The first-order chi connectivity index (χ1) is 8.03. The largest absolute Gasteiger partial charge is 0.261 e. The fourth-order valence-electron chi connectivity index (χ4n) is 0.910. The smallest absolute Gasteiger partial charge is 0.187 e. The molecule has 2 N–H and O–H groups in total. The van der Waals surface area contributed by atoms with Gasteiger partial charge in [0.2, 0.25) is 0 Å². The van der Waals surface area contributed by atoms with Crippen molar-refractivity contribution in [1.29, 1.82) is 0 Å². The molecule has 0 saturated heterocycles. The molecule has 5 heteroatoms. The van der Waals surface area contributed by atoms with E-state index in [0.717, 1.165) is 19.3 Å². The standard InChI is InChI=1S/C12H29N4P/c1-7-10(4)13-16-17(14-11(5)8-2)15-12(6)9-3/h10-12,14-15H,7-9H2,1-6H3. The normalized spacial score (nSPS) is 19.2. The molecular formula is C12H29N4P. The van der Waals surface area contributed by atoms with Gasteiger partial charge in [0.05, 0.1) is 6.04 Å². The first-order valence-electron chi connectivity index (χ1n) is 6.76. The first-order valence-corrected chi connectivity index (χ1v) is 8.06. The summed E-state index contributed by atoms with van der Waals surface area (Å²) in [5.74, 6) is 0. The minimum atomic E-state index is -0.731. The Kier molecular flexibility index (Phi) is 9.90. The van der Waals surface area contributed by atoms with Crippen molar-refractivity contribution in [3.8, 4) is 0 Å². The second-order valence-corrected chi connectivity index (χ2v) is 5.97. The van der Waals surface area contributed by atoms with Crippen LogP contribution < -0.4 is 10.2 Å². The highest BCUT2D eigenvalue weighted by Gasteiger charge is 2.13. The quantitative estimate of drug-likeness (QED) is 0.481. The van der Waals surface area contributed by atoms with Crippen LogP contribution in [-0.4, -0.2) is 18.1 Å². The maximum atomic E-state index is 4.44. The zero-order chi connectivity index (χ0) is 13.3. The highest BCUT2D eigenvalue weighted by molar-refractivity contribution is 7.51. The van der Waals surface area contributed by atoms with Crippen LogP contribution >= 0.6 is 8.37 Å². The highest BCUT2D eigenvalue weighted by atomic mass is 31.1. The van der Waals surface area contributed by atoms with Crippen molar-refractivity contribution in [3.63, 3.8) is 0 Å². The summed E-state index contributed by atoms with van der Waals surface area (Å²) in [6, 6.07) is 1.28. The number of hydrogen-bond donors (Lipinski definition) is 2. The molecule has 3 atom stereocenters. The van der Waals surface area contributed by atoms with Crippen molar-refractivity contribution in [2.24, 2.45) is 10.00 Å². The number of nitrogens with one attached hydrogen (secondary N) is 2. The van der Waals surface area contributed by atoms with Gasteiger partial charge in [0.1, 0.15) is 0 Å². The summed E-state index contributed by atoms with van der Waals surface area (Å²) in [7, 11) is -0.731. The van der Waals surface area contributed by atoms with E-state index in [9.17, 15) is 0 Å². The molecule has 4 nitrogen and oxygen atoms in total. The summed E-state index contributed by atoms with van der Waals surface area (Å²) < 4.78 is 0. The van der Waals surface area contributed by atoms with E-state index in [0.29, 0.717) is 18.1 Å². The molecule has 3 unspecified atom stereocenters. The molecule has 0 aliphatic carbocycles. The lowest BCUT2D eigenvalue weighted by atomic mass is 10.3. The van der Waals surface area contributed by atoms with Gasteiger partial charge in [-0.15, -0.1) is 4.88 Å². The molecule has 0 rings (SSSR count). The molecule has 0 spiro atoms. The molecule has 0 heterocycles. The molecule has 0 aromatic rings. The van der Waals surface area contributed by atoms with Gasteiger partial charge in [0, 0.05) is 12.1 Å². The Morgan fingerprint density at radius 2 is 1.35 bits per heavy atom. The second kappa shape index (κ2) is 9.93. The lowest BCUT2D eigenvalue weighted by molar-refractivity contribution is 0.618. The topological polar surface area (TPSA) is 48.8 Å². The maximum Gasteiger partial charge on any atom is 0.187 e. The van der Waals surface area contributed by atoms with Crippen LogP contribution in [0.25, 0.3) is 0 Å². The zero-order valence-electron chi connectivity index (χ0n) is 12.2. The van der Waals surface area contributed by atoms with Crippen molar-refractivity contribution >= 4 is 8.37 Å². The van der Waals surface area contributed by atoms with Crippen LogP contribution in [0.15, 0.2) is 10.00 Å². The van der Waals surface area contributed by atoms with Crippen LogP contribution in [-0.2, 0) is 0 Å². The molecule has 0 aliphatic heterocycles. The summed E-state index contributed by atoms with van der Waals surface area (Å²) in [4.78, 5) is 4.44. The van der Waals surface area contributed by atoms with E-state index in [-0.39, 0.29) is 0 Å². The molecule has 0 amide bonds. The van der Waals surface area contributed by atoms with Gasteiger partial charge < -0.3 is 0 Å². The minimum Gasteiger partial charge on any atom is -0.261 e.